The van der Waals surface area contributed by atoms with Gasteiger partial charge in [-0.3, -0.25) is 9.89 Å². The Morgan fingerprint density at radius 3 is 2.65 bits per heavy atom. The van der Waals surface area contributed by atoms with E-state index in [0.717, 1.165) is 74.5 Å². The van der Waals surface area contributed by atoms with Gasteiger partial charge in [-0.1, -0.05) is 0 Å². The maximum atomic E-state index is 5.63. The molecule has 0 spiro atoms. The van der Waals surface area contributed by atoms with E-state index in [4.69, 9.17) is 18.6 Å². The van der Waals surface area contributed by atoms with Gasteiger partial charge in [-0.15, -0.1) is 0 Å². The van der Waals surface area contributed by atoms with Crippen molar-refractivity contribution >= 4 is 5.96 Å². The molecule has 0 atom stereocenters. The Bertz CT molecular complexity index is 802. The fourth-order valence-corrected chi connectivity index (χ4v) is 3.64. The van der Waals surface area contributed by atoms with E-state index >= 15 is 0 Å². The van der Waals surface area contributed by atoms with Gasteiger partial charge in [0.05, 0.1) is 20.5 Å². The highest BCUT2D eigenvalue weighted by Crippen LogP contribution is 2.25. The average Bonchev–Trinajstić information content (AvgIpc) is 3.33. The van der Waals surface area contributed by atoms with Crippen LogP contribution >= 0.6 is 0 Å². The molecule has 1 aromatic heterocycles. The van der Waals surface area contributed by atoms with Gasteiger partial charge < -0.3 is 28.8 Å². The number of hydrogen-bond acceptors (Lipinski definition) is 6. The maximum absolute atomic E-state index is 5.63. The molecule has 1 saturated heterocycles. The van der Waals surface area contributed by atoms with E-state index in [1.54, 1.807) is 20.5 Å². The summed E-state index contributed by atoms with van der Waals surface area (Å²) in [5.41, 5.74) is 1.15. The van der Waals surface area contributed by atoms with Crippen LogP contribution in [0.3, 0.4) is 0 Å². The minimum atomic E-state index is 0.516. The van der Waals surface area contributed by atoms with E-state index in [9.17, 15) is 0 Å². The number of hydrogen-bond donors (Lipinski definition) is 1. The Balaban J connectivity index is 1.38. The van der Waals surface area contributed by atoms with Crippen LogP contribution in [0.25, 0.3) is 0 Å². The zero-order valence-electron chi connectivity index (χ0n) is 18.8. The van der Waals surface area contributed by atoms with Crippen molar-refractivity contribution in [2.75, 3.05) is 60.6 Å². The number of guanidine groups is 1. The van der Waals surface area contributed by atoms with Gasteiger partial charge >= 0.3 is 0 Å². The quantitative estimate of drug-likeness (QED) is 0.353. The first-order chi connectivity index (χ1) is 15.2. The summed E-state index contributed by atoms with van der Waals surface area (Å²) in [4.78, 5) is 9.19. The zero-order chi connectivity index (χ0) is 21.9. The van der Waals surface area contributed by atoms with Crippen LogP contribution in [0.15, 0.2) is 46.0 Å². The second-order valence-electron chi connectivity index (χ2n) is 7.40. The molecule has 1 N–H and O–H groups in total. The van der Waals surface area contributed by atoms with E-state index in [0.29, 0.717) is 13.2 Å². The molecule has 8 nitrogen and oxygen atoms in total. The van der Waals surface area contributed by atoms with E-state index in [2.05, 4.69) is 26.2 Å². The summed E-state index contributed by atoms with van der Waals surface area (Å²) in [5, 5.41) is 3.45. The van der Waals surface area contributed by atoms with Gasteiger partial charge in [0, 0.05) is 58.5 Å². The van der Waals surface area contributed by atoms with Crippen LogP contribution in [0, 0.1) is 0 Å². The fraction of sp³-hybridized carbons (Fsp3) is 0.522. The molecule has 2 aromatic rings. The number of methoxy groups -OCH3 is 2. The lowest BCUT2D eigenvalue weighted by Gasteiger charge is -2.36. The molecule has 0 saturated carbocycles. The first-order valence-electron chi connectivity index (χ1n) is 10.7. The third-order valence-electron chi connectivity index (χ3n) is 5.34. The lowest BCUT2D eigenvalue weighted by atomic mass is 10.1. The van der Waals surface area contributed by atoms with Crippen molar-refractivity contribution < 1.29 is 18.6 Å². The highest BCUT2D eigenvalue weighted by atomic mass is 16.5. The van der Waals surface area contributed by atoms with Gasteiger partial charge in [0.2, 0.25) is 0 Å². The van der Waals surface area contributed by atoms with Crippen molar-refractivity contribution in [3.05, 3.63) is 47.9 Å². The highest BCUT2D eigenvalue weighted by molar-refractivity contribution is 5.79. The van der Waals surface area contributed by atoms with Crippen molar-refractivity contribution in [1.82, 2.24) is 15.1 Å². The minimum Gasteiger partial charge on any atom is -0.497 e. The normalized spacial score (nSPS) is 15.2. The SMILES string of the molecule is CN=C(NCCCOCc1ccco1)N1CCN(Cc2cc(OC)ccc2OC)CC1. The molecule has 2 heterocycles. The Hall–Kier alpha value is -2.71. The zero-order valence-corrected chi connectivity index (χ0v) is 18.8. The number of nitrogens with one attached hydrogen (secondary N) is 1. The minimum absolute atomic E-state index is 0.516. The van der Waals surface area contributed by atoms with Crippen LogP contribution in [0.2, 0.25) is 0 Å². The van der Waals surface area contributed by atoms with Crippen molar-refractivity contribution in [1.29, 1.82) is 0 Å². The van der Waals surface area contributed by atoms with Crippen LogP contribution in [0.4, 0.5) is 0 Å². The standard InChI is InChI=1S/C23H34N4O4/c1-24-23(25-9-5-14-30-18-21-6-4-15-31-21)27-12-10-26(11-13-27)17-19-16-20(28-2)7-8-22(19)29-3/h4,6-8,15-16H,5,9-14,17-18H2,1-3H3,(H,24,25). The second-order valence-corrected chi connectivity index (χ2v) is 7.40. The summed E-state index contributed by atoms with van der Waals surface area (Å²) in [5.74, 6) is 3.56. The largest absolute Gasteiger partial charge is 0.497 e. The molecule has 1 aliphatic heterocycles. The Morgan fingerprint density at radius 2 is 1.97 bits per heavy atom. The number of aliphatic imine (C=N–C) groups is 1. The van der Waals surface area contributed by atoms with Gasteiger partial charge in [0.25, 0.3) is 0 Å². The predicted octanol–water partition coefficient (Wildman–Crippen LogP) is 2.60. The van der Waals surface area contributed by atoms with Gasteiger partial charge in [-0.25, -0.2) is 0 Å². The van der Waals surface area contributed by atoms with Crippen LogP contribution in [-0.4, -0.2) is 76.4 Å². The molecule has 0 unspecified atom stereocenters. The highest BCUT2D eigenvalue weighted by Gasteiger charge is 2.20. The number of piperazine rings is 1. The molecule has 0 amide bonds. The number of benzene rings is 1. The lowest BCUT2D eigenvalue weighted by molar-refractivity contribution is 0.104. The van der Waals surface area contributed by atoms with Crippen molar-refractivity contribution in [2.45, 2.75) is 19.6 Å². The van der Waals surface area contributed by atoms with Crippen molar-refractivity contribution in [2.24, 2.45) is 4.99 Å². The van der Waals surface area contributed by atoms with E-state index in [1.807, 2.05) is 31.3 Å². The Morgan fingerprint density at radius 1 is 1.13 bits per heavy atom. The lowest BCUT2D eigenvalue weighted by Crippen LogP contribution is -2.52. The number of rotatable bonds is 10. The Labute approximate surface area is 184 Å². The molecule has 1 aliphatic rings. The summed E-state index contributed by atoms with van der Waals surface area (Å²) in [6.07, 6.45) is 2.58. The van der Waals surface area contributed by atoms with Crippen molar-refractivity contribution in [3.8, 4) is 11.5 Å². The summed E-state index contributed by atoms with van der Waals surface area (Å²) >= 11 is 0. The molecule has 1 aromatic carbocycles. The molecular formula is C23H34N4O4. The molecule has 170 valence electrons. The Kier molecular flexibility index (Phi) is 9.05. The number of nitrogens with zero attached hydrogens (tertiary/aromatic N) is 3. The van der Waals surface area contributed by atoms with Gasteiger partial charge in [0.1, 0.15) is 23.9 Å². The van der Waals surface area contributed by atoms with Gasteiger partial charge in [0.15, 0.2) is 5.96 Å². The first kappa shape index (κ1) is 23.0. The van der Waals surface area contributed by atoms with Crippen molar-refractivity contribution in [3.63, 3.8) is 0 Å². The molecule has 0 aliphatic carbocycles. The monoisotopic (exact) mass is 430 g/mol. The number of ether oxygens (including phenoxy) is 3. The van der Waals surface area contributed by atoms with E-state index in [1.165, 1.54) is 0 Å². The fourth-order valence-electron chi connectivity index (χ4n) is 3.64. The maximum Gasteiger partial charge on any atom is 0.193 e. The summed E-state index contributed by atoms with van der Waals surface area (Å²) in [6, 6.07) is 9.74. The number of furan rings is 1. The van der Waals surface area contributed by atoms with Crippen LogP contribution in [0.1, 0.15) is 17.7 Å². The second kappa shape index (κ2) is 12.2. The first-order valence-corrected chi connectivity index (χ1v) is 10.7. The van der Waals surface area contributed by atoms with Crippen LogP contribution in [0.5, 0.6) is 11.5 Å². The third kappa shape index (κ3) is 6.90. The molecule has 31 heavy (non-hydrogen) atoms. The molecule has 3 rings (SSSR count). The topological polar surface area (TPSA) is 71.7 Å². The predicted molar refractivity (Wildman–Crippen MR) is 121 cm³/mol. The van der Waals surface area contributed by atoms with Crippen LogP contribution in [-0.2, 0) is 17.9 Å². The smallest absolute Gasteiger partial charge is 0.193 e. The summed E-state index contributed by atoms with van der Waals surface area (Å²) in [6.45, 7) is 6.66. The van der Waals surface area contributed by atoms with Gasteiger partial charge in [-0.2, -0.15) is 0 Å². The average molecular weight is 431 g/mol. The molecule has 0 bridgehead atoms. The van der Waals surface area contributed by atoms with E-state index in [-0.39, 0.29) is 0 Å². The van der Waals surface area contributed by atoms with Gasteiger partial charge in [-0.05, 0) is 36.8 Å². The van der Waals surface area contributed by atoms with Crippen LogP contribution < -0.4 is 14.8 Å². The van der Waals surface area contributed by atoms with E-state index < -0.39 is 0 Å². The third-order valence-corrected chi connectivity index (χ3v) is 5.34. The summed E-state index contributed by atoms with van der Waals surface area (Å²) < 4.78 is 21.8. The molecule has 1 fully saturated rings. The molecule has 0 radical (unpaired) electrons. The molecule has 8 heteroatoms. The molecular weight excluding hydrogens is 396 g/mol. The summed E-state index contributed by atoms with van der Waals surface area (Å²) in [7, 11) is 5.23.